The molecule has 1 aliphatic rings. The second-order valence-electron chi connectivity index (χ2n) is 9.86. The Bertz CT molecular complexity index is 1420. The van der Waals surface area contributed by atoms with Crippen molar-refractivity contribution in [2.24, 2.45) is 0 Å². The Kier molecular flexibility index (Phi) is 8.22. The minimum Gasteiger partial charge on any atom is -0.464 e. The van der Waals surface area contributed by atoms with E-state index in [9.17, 15) is 14.0 Å². The van der Waals surface area contributed by atoms with Gasteiger partial charge in [0.2, 0.25) is 5.91 Å². The average molecular weight is 530 g/mol. The van der Waals surface area contributed by atoms with Gasteiger partial charge in [-0.2, -0.15) is 0 Å². The van der Waals surface area contributed by atoms with Crippen LogP contribution in [0.3, 0.4) is 0 Å². The molecule has 0 bridgehead atoms. The van der Waals surface area contributed by atoms with Gasteiger partial charge in [0.25, 0.3) is 0 Å². The van der Waals surface area contributed by atoms with Gasteiger partial charge in [-0.25, -0.2) is 9.18 Å². The molecular formula is C31H32FN3O4. The summed E-state index contributed by atoms with van der Waals surface area (Å²) < 4.78 is 25.0. The molecule has 0 saturated carbocycles. The predicted molar refractivity (Wildman–Crippen MR) is 148 cm³/mol. The molecule has 202 valence electrons. The molecule has 4 aromatic rings. The molecule has 3 aromatic carbocycles. The first kappa shape index (κ1) is 26.4. The molecule has 7 nitrogen and oxygen atoms in total. The van der Waals surface area contributed by atoms with Crippen molar-refractivity contribution >= 4 is 28.4 Å². The fraction of sp³-hybridized carbons (Fsp3) is 0.290. The highest BCUT2D eigenvalue weighted by molar-refractivity contribution is 6.02. The van der Waals surface area contributed by atoms with Crippen molar-refractivity contribution < 1.29 is 23.1 Å². The fourth-order valence-corrected chi connectivity index (χ4v) is 4.85. The molecule has 0 spiro atoms. The first-order valence-electron chi connectivity index (χ1n) is 13.2. The maximum atomic E-state index is 13.7. The number of amides is 3. The molecular weight excluding hydrogens is 497 g/mol. The lowest BCUT2D eigenvalue weighted by Crippen LogP contribution is -2.46. The molecule has 39 heavy (non-hydrogen) atoms. The summed E-state index contributed by atoms with van der Waals surface area (Å²) in [7, 11) is 0. The topological polar surface area (TPSA) is 75.0 Å². The number of aryl methyl sites for hydroxylation is 1. The van der Waals surface area contributed by atoms with Crippen molar-refractivity contribution in [1.82, 2.24) is 9.80 Å². The third-order valence-electron chi connectivity index (χ3n) is 6.87. The zero-order valence-electron chi connectivity index (χ0n) is 21.9. The SMILES string of the molecule is Cc1ccc(CN(Cc2ccc(F)cc2)C(=O)CN(CC2CCCO2)C(=O)Nc2cccc3ccccc23)o1. The number of nitrogens with zero attached hydrogens (tertiary/aromatic N) is 2. The summed E-state index contributed by atoms with van der Waals surface area (Å²) in [6.07, 6.45) is 1.62. The molecule has 0 radical (unpaired) electrons. The summed E-state index contributed by atoms with van der Waals surface area (Å²) in [5.41, 5.74) is 1.45. The largest absolute Gasteiger partial charge is 0.464 e. The van der Waals surface area contributed by atoms with Crippen LogP contribution in [0.4, 0.5) is 14.9 Å². The number of ether oxygens (including phenoxy) is 1. The van der Waals surface area contributed by atoms with E-state index in [1.165, 1.54) is 17.0 Å². The Labute approximate surface area is 227 Å². The van der Waals surface area contributed by atoms with Gasteiger partial charge in [0.15, 0.2) is 0 Å². The van der Waals surface area contributed by atoms with E-state index in [2.05, 4.69) is 5.32 Å². The number of carbonyl (C=O) groups is 2. The normalized spacial score (nSPS) is 14.9. The van der Waals surface area contributed by atoms with Crippen molar-refractivity contribution in [2.45, 2.75) is 39.0 Å². The van der Waals surface area contributed by atoms with Crippen molar-refractivity contribution in [1.29, 1.82) is 0 Å². The second-order valence-corrected chi connectivity index (χ2v) is 9.86. The van der Waals surface area contributed by atoms with Crippen LogP contribution in [0.5, 0.6) is 0 Å². The maximum Gasteiger partial charge on any atom is 0.322 e. The standard InChI is InChI=1S/C31H32FN3O4/c1-22-11-16-27(39-22)20-34(18-23-12-14-25(32)15-13-23)30(36)21-35(19-26-8-5-17-38-26)31(37)33-29-10-4-7-24-6-2-3-9-28(24)29/h2-4,6-7,9-16,26H,5,8,17-21H2,1H3,(H,33,37). The molecule has 5 rings (SSSR count). The van der Waals surface area contributed by atoms with Gasteiger partial charge in [-0.1, -0.05) is 48.5 Å². The number of nitrogens with one attached hydrogen (secondary N) is 1. The monoisotopic (exact) mass is 529 g/mol. The smallest absolute Gasteiger partial charge is 0.322 e. The summed E-state index contributed by atoms with van der Waals surface area (Å²) in [6, 6.07) is 22.9. The Hall–Kier alpha value is -4.17. The van der Waals surface area contributed by atoms with Crippen LogP contribution < -0.4 is 5.32 Å². The molecule has 0 aliphatic carbocycles. The lowest BCUT2D eigenvalue weighted by molar-refractivity contribution is -0.133. The van der Waals surface area contributed by atoms with Crippen molar-refractivity contribution in [2.75, 3.05) is 25.0 Å². The summed E-state index contributed by atoms with van der Waals surface area (Å²) in [4.78, 5) is 30.5. The number of rotatable bonds is 9. The van der Waals surface area contributed by atoms with Gasteiger partial charge in [0.1, 0.15) is 23.9 Å². The van der Waals surface area contributed by atoms with Gasteiger partial charge < -0.3 is 24.3 Å². The Morgan fingerprint density at radius 3 is 2.49 bits per heavy atom. The van der Waals surface area contributed by atoms with E-state index in [4.69, 9.17) is 9.15 Å². The number of hydrogen-bond acceptors (Lipinski definition) is 4. The molecule has 1 aromatic heterocycles. The molecule has 1 unspecified atom stereocenters. The van der Waals surface area contributed by atoms with E-state index in [1.54, 1.807) is 17.0 Å². The van der Waals surface area contributed by atoms with Crippen molar-refractivity contribution in [3.8, 4) is 0 Å². The lowest BCUT2D eigenvalue weighted by atomic mass is 10.1. The molecule has 1 aliphatic heterocycles. The number of hydrogen-bond donors (Lipinski definition) is 1. The van der Waals surface area contributed by atoms with E-state index < -0.39 is 0 Å². The quantitative estimate of drug-likeness (QED) is 0.283. The highest BCUT2D eigenvalue weighted by atomic mass is 19.1. The Morgan fingerprint density at radius 1 is 0.949 bits per heavy atom. The van der Waals surface area contributed by atoms with Gasteiger partial charge in [-0.15, -0.1) is 0 Å². The molecule has 1 saturated heterocycles. The van der Waals surface area contributed by atoms with Gasteiger partial charge >= 0.3 is 6.03 Å². The fourth-order valence-electron chi connectivity index (χ4n) is 4.85. The predicted octanol–water partition coefficient (Wildman–Crippen LogP) is 6.12. The molecule has 3 amide bonds. The maximum absolute atomic E-state index is 13.7. The van der Waals surface area contributed by atoms with E-state index in [0.717, 1.165) is 34.9 Å². The first-order valence-corrected chi connectivity index (χ1v) is 13.2. The number of urea groups is 1. The highest BCUT2D eigenvalue weighted by Crippen LogP contribution is 2.24. The zero-order valence-corrected chi connectivity index (χ0v) is 21.9. The Morgan fingerprint density at radius 2 is 1.74 bits per heavy atom. The third kappa shape index (κ3) is 6.83. The molecule has 1 atom stereocenters. The summed E-state index contributed by atoms with van der Waals surface area (Å²) in [6.45, 7) is 3.12. The lowest BCUT2D eigenvalue weighted by Gasteiger charge is -2.29. The van der Waals surface area contributed by atoms with Gasteiger partial charge in [-0.05, 0) is 61.0 Å². The van der Waals surface area contributed by atoms with Crippen LogP contribution in [0, 0.1) is 12.7 Å². The number of benzene rings is 3. The van der Waals surface area contributed by atoms with E-state index >= 15 is 0 Å². The molecule has 8 heteroatoms. The van der Waals surface area contributed by atoms with E-state index in [-0.39, 0.29) is 43.5 Å². The second kappa shape index (κ2) is 12.1. The van der Waals surface area contributed by atoms with Crippen molar-refractivity contribution in [3.05, 3.63) is 102 Å². The van der Waals surface area contributed by atoms with E-state index in [1.807, 2.05) is 61.5 Å². The number of carbonyl (C=O) groups excluding carboxylic acids is 2. The van der Waals surface area contributed by atoms with Crippen LogP contribution >= 0.6 is 0 Å². The Balaban J connectivity index is 1.37. The minimum atomic E-state index is -0.370. The number of halogens is 1. The molecule has 1 N–H and O–H groups in total. The van der Waals surface area contributed by atoms with Crippen LogP contribution in [0.25, 0.3) is 10.8 Å². The van der Waals surface area contributed by atoms with Gasteiger partial charge in [0, 0.05) is 25.1 Å². The summed E-state index contributed by atoms with van der Waals surface area (Å²) in [5.74, 6) is 0.785. The first-order chi connectivity index (χ1) is 18.9. The van der Waals surface area contributed by atoms with Crippen molar-refractivity contribution in [3.63, 3.8) is 0 Å². The summed E-state index contributed by atoms with van der Waals surface area (Å²) >= 11 is 0. The van der Waals surface area contributed by atoms with Gasteiger partial charge in [0.05, 0.1) is 18.3 Å². The number of furan rings is 1. The third-order valence-corrected chi connectivity index (χ3v) is 6.87. The highest BCUT2D eigenvalue weighted by Gasteiger charge is 2.27. The van der Waals surface area contributed by atoms with Gasteiger partial charge in [-0.3, -0.25) is 4.79 Å². The van der Waals surface area contributed by atoms with Crippen LogP contribution in [0.15, 0.2) is 83.3 Å². The van der Waals surface area contributed by atoms with Crippen LogP contribution in [0.1, 0.15) is 29.9 Å². The zero-order chi connectivity index (χ0) is 27.2. The van der Waals surface area contributed by atoms with E-state index in [0.29, 0.717) is 24.6 Å². The molecule has 2 heterocycles. The minimum absolute atomic E-state index is 0.130. The molecule has 1 fully saturated rings. The van der Waals surface area contributed by atoms with Crippen LogP contribution in [-0.4, -0.2) is 47.5 Å². The summed E-state index contributed by atoms with van der Waals surface area (Å²) in [5, 5.41) is 4.94. The number of fused-ring (bicyclic) bond motifs is 1. The average Bonchev–Trinajstić information content (AvgIpc) is 3.60. The van der Waals surface area contributed by atoms with Crippen LogP contribution in [0.2, 0.25) is 0 Å². The number of anilines is 1. The van der Waals surface area contributed by atoms with Crippen LogP contribution in [-0.2, 0) is 22.6 Å².